The fourth-order valence-electron chi connectivity index (χ4n) is 4.28. The Kier molecular flexibility index (Phi) is 5.38. The van der Waals surface area contributed by atoms with E-state index in [1.807, 2.05) is 0 Å². The highest BCUT2D eigenvalue weighted by Crippen LogP contribution is 2.43. The monoisotopic (exact) mass is 500 g/mol. The van der Waals surface area contributed by atoms with E-state index in [2.05, 4.69) is 14.6 Å². The van der Waals surface area contributed by atoms with Gasteiger partial charge in [0, 0.05) is 11.6 Å². The minimum Gasteiger partial charge on any atom is -0.483 e. The van der Waals surface area contributed by atoms with Crippen LogP contribution in [0.4, 0.5) is 26.3 Å². The van der Waals surface area contributed by atoms with Gasteiger partial charge in [-0.15, -0.1) is 8.78 Å². The van der Waals surface area contributed by atoms with Gasteiger partial charge in [0.1, 0.15) is 6.10 Å². The van der Waals surface area contributed by atoms with Crippen molar-refractivity contribution in [3.05, 3.63) is 64.7 Å². The zero-order valence-corrected chi connectivity index (χ0v) is 18.1. The quantitative estimate of drug-likeness (QED) is 0.455. The number of fused-ring (bicyclic) bond motifs is 2. The number of alkyl halides is 5. The number of halogens is 6. The molecule has 0 saturated carbocycles. The molecule has 0 saturated heterocycles. The van der Waals surface area contributed by atoms with Crippen LogP contribution in [-0.2, 0) is 12.6 Å². The highest BCUT2D eigenvalue weighted by molar-refractivity contribution is 5.47. The fraction of sp³-hybridized carbons (Fsp3) is 0.348. The molecule has 2 aliphatic rings. The molecule has 3 aromatic rings. The maximum Gasteiger partial charge on any atom is 0.586 e. The number of benzene rings is 2. The van der Waals surface area contributed by atoms with Gasteiger partial charge in [0.05, 0.1) is 17.5 Å². The van der Waals surface area contributed by atoms with Crippen molar-refractivity contribution >= 4 is 0 Å². The Balaban J connectivity index is 1.48. The average Bonchev–Trinajstić information content (AvgIpc) is 3.31. The summed E-state index contributed by atoms with van der Waals surface area (Å²) >= 11 is 0. The number of rotatable bonds is 4. The first-order valence-electron chi connectivity index (χ1n) is 10.7. The summed E-state index contributed by atoms with van der Waals surface area (Å²) < 4.78 is 97.2. The smallest absolute Gasteiger partial charge is 0.483 e. The maximum atomic E-state index is 14.6. The number of aliphatic hydroxyl groups excluding tert-OH is 1. The Morgan fingerprint density at radius 1 is 1.14 bits per heavy atom. The van der Waals surface area contributed by atoms with Gasteiger partial charge in [-0.05, 0) is 56.0 Å². The highest BCUT2D eigenvalue weighted by atomic mass is 19.4. The average molecular weight is 500 g/mol. The van der Waals surface area contributed by atoms with Crippen molar-refractivity contribution in [1.82, 2.24) is 9.78 Å². The lowest BCUT2D eigenvalue weighted by molar-refractivity contribution is -0.286. The SMILES string of the molecule is CC(Oc1cc(-n2nc(C(F)(F)F)c3c2[C@H](O)CCC3)ccc1F)c1ccc2c(c1)OC(F)(F)O2. The lowest BCUT2D eigenvalue weighted by Gasteiger charge is -2.21. The van der Waals surface area contributed by atoms with E-state index in [1.165, 1.54) is 37.3 Å². The van der Waals surface area contributed by atoms with Crippen LogP contribution in [0.1, 0.15) is 54.5 Å². The topological polar surface area (TPSA) is 65.7 Å². The minimum absolute atomic E-state index is 0.00545. The van der Waals surface area contributed by atoms with Crippen molar-refractivity contribution in [2.24, 2.45) is 0 Å². The zero-order valence-electron chi connectivity index (χ0n) is 18.1. The summed E-state index contributed by atoms with van der Waals surface area (Å²) in [6.45, 7) is 1.53. The van der Waals surface area contributed by atoms with Gasteiger partial charge in [-0.25, -0.2) is 9.07 Å². The highest BCUT2D eigenvalue weighted by Gasteiger charge is 2.44. The third kappa shape index (κ3) is 4.26. The lowest BCUT2D eigenvalue weighted by atomic mass is 9.93. The van der Waals surface area contributed by atoms with Crippen molar-refractivity contribution in [3.63, 3.8) is 0 Å². The molecular formula is C23H18F6N2O4. The molecule has 2 heterocycles. The standard InChI is InChI=1S/C23H18F6N2O4/c1-11(12-5-8-17-19(9-12)35-23(28,29)34-17)33-18-10-13(6-7-15(18)24)31-20-14(3-2-4-16(20)32)21(30-31)22(25,26)27/h5-11,16,32H,2-4H2,1H3/t11?,16-/m1/s1. The molecule has 1 aliphatic carbocycles. The predicted octanol–water partition coefficient (Wildman–Crippen LogP) is 5.86. The molecule has 35 heavy (non-hydrogen) atoms. The van der Waals surface area contributed by atoms with Crippen LogP contribution >= 0.6 is 0 Å². The number of nitrogens with zero attached hydrogens (tertiary/aromatic N) is 2. The minimum atomic E-state index is -4.73. The maximum absolute atomic E-state index is 14.6. The van der Waals surface area contributed by atoms with Crippen LogP contribution in [0.2, 0.25) is 0 Å². The van der Waals surface area contributed by atoms with Crippen molar-refractivity contribution in [3.8, 4) is 22.9 Å². The predicted molar refractivity (Wildman–Crippen MR) is 108 cm³/mol. The van der Waals surface area contributed by atoms with Crippen molar-refractivity contribution in [2.45, 2.75) is 50.9 Å². The van der Waals surface area contributed by atoms with Gasteiger partial charge in [-0.1, -0.05) is 6.07 Å². The van der Waals surface area contributed by atoms with Crippen LogP contribution in [0, 0.1) is 5.82 Å². The van der Waals surface area contributed by atoms with Gasteiger partial charge in [-0.3, -0.25) is 0 Å². The summed E-state index contributed by atoms with van der Waals surface area (Å²) in [5.74, 6) is -1.48. The zero-order chi connectivity index (χ0) is 25.1. The third-order valence-electron chi connectivity index (χ3n) is 5.87. The van der Waals surface area contributed by atoms with E-state index in [1.54, 1.807) is 0 Å². The van der Waals surface area contributed by atoms with E-state index in [0.717, 1.165) is 10.7 Å². The molecule has 0 amide bonds. The first kappa shape index (κ1) is 23.3. The van der Waals surface area contributed by atoms with Gasteiger partial charge in [-0.2, -0.15) is 18.3 Å². The van der Waals surface area contributed by atoms with Gasteiger partial charge >= 0.3 is 12.5 Å². The van der Waals surface area contributed by atoms with E-state index in [-0.39, 0.29) is 47.0 Å². The Bertz CT molecular complexity index is 1290. The van der Waals surface area contributed by atoms with Gasteiger partial charge < -0.3 is 19.3 Å². The van der Waals surface area contributed by atoms with Gasteiger partial charge in [0.15, 0.2) is 28.8 Å². The second-order valence-electron chi connectivity index (χ2n) is 8.28. The Morgan fingerprint density at radius 2 is 1.89 bits per heavy atom. The van der Waals surface area contributed by atoms with Gasteiger partial charge in [0.25, 0.3) is 0 Å². The molecule has 2 aromatic carbocycles. The van der Waals surface area contributed by atoms with Crippen LogP contribution in [0.3, 0.4) is 0 Å². The molecule has 1 aliphatic heterocycles. The molecule has 0 fully saturated rings. The van der Waals surface area contributed by atoms with Gasteiger partial charge in [0.2, 0.25) is 0 Å². The van der Waals surface area contributed by atoms with Crippen LogP contribution in [-0.4, -0.2) is 21.2 Å². The second kappa shape index (κ2) is 8.08. The molecule has 1 N–H and O–H groups in total. The molecule has 6 nitrogen and oxygen atoms in total. The molecule has 5 rings (SSSR count). The summed E-state index contributed by atoms with van der Waals surface area (Å²) in [5.41, 5.74) is -0.754. The molecule has 1 aromatic heterocycles. The van der Waals surface area contributed by atoms with Crippen molar-refractivity contribution in [2.75, 3.05) is 0 Å². The van der Waals surface area contributed by atoms with E-state index in [0.29, 0.717) is 12.0 Å². The summed E-state index contributed by atoms with van der Waals surface area (Å²) in [6, 6.07) is 7.36. The molecule has 0 bridgehead atoms. The largest absolute Gasteiger partial charge is 0.586 e. The van der Waals surface area contributed by atoms with Crippen molar-refractivity contribution < 1.29 is 45.7 Å². The first-order chi connectivity index (χ1) is 16.4. The molecule has 1 unspecified atom stereocenters. The third-order valence-corrected chi connectivity index (χ3v) is 5.87. The van der Waals surface area contributed by atoms with Crippen LogP contribution in [0.25, 0.3) is 5.69 Å². The second-order valence-corrected chi connectivity index (χ2v) is 8.28. The normalized spacial score (nSPS) is 19.4. The van der Waals surface area contributed by atoms with Crippen LogP contribution in [0.5, 0.6) is 17.2 Å². The van der Waals surface area contributed by atoms with Crippen molar-refractivity contribution in [1.29, 1.82) is 0 Å². The molecular weight excluding hydrogens is 482 g/mol. The van der Waals surface area contributed by atoms with E-state index in [4.69, 9.17) is 4.74 Å². The van der Waals surface area contributed by atoms with Crippen LogP contribution < -0.4 is 14.2 Å². The fourth-order valence-corrected chi connectivity index (χ4v) is 4.28. The van der Waals surface area contributed by atoms with E-state index < -0.39 is 36.2 Å². The Morgan fingerprint density at radius 3 is 2.63 bits per heavy atom. The number of hydrogen-bond donors (Lipinski definition) is 1. The van der Waals surface area contributed by atoms with Crippen LogP contribution in [0.15, 0.2) is 36.4 Å². The Labute approximate surface area is 194 Å². The van der Waals surface area contributed by atoms with E-state index in [9.17, 15) is 31.4 Å². The van der Waals surface area contributed by atoms with E-state index >= 15 is 0 Å². The molecule has 12 heteroatoms. The summed E-state index contributed by atoms with van der Waals surface area (Å²) in [7, 11) is 0. The summed E-state index contributed by atoms with van der Waals surface area (Å²) in [4.78, 5) is 0. The molecule has 0 spiro atoms. The summed E-state index contributed by atoms with van der Waals surface area (Å²) in [5, 5.41) is 14.1. The molecule has 186 valence electrons. The first-order valence-corrected chi connectivity index (χ1v) is 10.7. The number of ether oxygens (including phenoxy) is 3. The number of aliphatic hydroxyl groups is 1. The summed E-state index contributed by atoms with van der Waals surface area (Å²) in [6.07, 6.45) is -9.80. The molecule has 2 atom stereocenters. The molecule has 0 radical (unpaired) electrons. The Hall–Kier alpha value is -3.41. The lowest BCUT2D eigenvalue weighted by Crippen LogP contribution is -2.25. The number of aromatic nitrogens is 2. The number of hydrogen-bond acceptors (Lipinski definition) is 5.